The van der Waals surface area contributed by atoms with E-state index < -0.39 is 5.97 Å². The van der Waals surface area contributed by atoms with E-state index in [1.165, 1.54) is 0 Å². The predicted octanol–water partition coefficient (Wildman–Crippen LogP) is 4.03. The molecular formula is C20H24N2O3. The lowest BCUT2D eigenvalue weighted by Crippen LogP contribution is -2.15. The highest BCUT2D eigenvalue weighted by Gasteiger charge is 2.26. The largest absolute Gasteiger partial charge is 0.461 e. The molecule has 0 aliphatic carbocycles. The van der Waals surface area contributed by atoms with Gasteiger partial charge in [-0.1, -0.05) is 24.3 Å². The molecule has 5 heteroatoms. The molecule has 0 atom stereocenters. The van der Waals surface area contributed by atoms with Crippen molar-refractivity contribution in [2.45, 2.75) is 34.2 Å². The van der Waals surface area contributed by atoms with E-state index in [9.17, 15) is 9.59 Å². The van der Waals surface area contributed by atoms with Gasteiger partial charge in [-0.05, 0) is 44.9 Å². The van der Waals surface area contributed by atoms with Gasteiger partial charge < -0.3 is 14.6 Å². The molecule has 1 N–H and O–H groups in total. The highest BCUT2D eigenvalue weighted by Crippen LogP contribution is 2.25. The van der Waals surface area contributed by atoms with Gasteiger partial charge in [0, 0.05) is 17.9 Å². The number of para-hydroxylation sites is 1. The number of rotatable bonds is 6. The minimum absolute atomic E-state index is 0.238. The Morgan fingerprint density at radius 1 is 1.24 bits per heavy atom. The van der Waals surface area contributed by atoms with Gasteiger partial charge in [0.1, 0.15) is 5.69 Å². The second-order valence-electron chi connectivity index (χ2n) is 5.82. The topological polar surface area (TPSA) is 60.3 Å². The summed E-state index contributed by atoms with van der Waals surface area (Å²) >= 11 is 0. The number of anilines is 1. The van der Waals surface area contributed by atoms with Crippen LogP contribution in [0.4, 0.5) is 5.69 Å². The van der Waals surface area contributed by atoms with Crippen molar-refractivity contribution in [2.24, 2.45) is 0 Å². The summed E-state index contributed by atoms with van der Waals surface area (Å²) in [5.41, 5.74) is 3.94. The van der Waals surface area contributed by atoms with Crippen LogP contribution in [0.15, 0.2) is 36.9 Å². The zero-order chi connectivity index (χ0) is 18.6. The van der Waals surface area contributed by atoms with Crippen LogP contribution in [-0.4, -0.2) is 23.1 Å². The van der Waals surface area contributed by atoms with Gasteiger partial charge in [-0.2, -0.15) is 0 Å². The lowest BCUT2D eigenvalue weighted by atomic mass is 10.1. The van der Waals surface area contributed by atoms with E-state index in [0.29, 0.717) is 29.1 Å². The molecule has 132 valence electrons. The molecule has 0 aliphatic rings. The van der Waals surface area contributed by atoms with E-state index in [1.54, 1.807) is 24.5 Å². The van der Waals surface area contributed by atoms with Crippen molar-refractivity contribution in [1.82, 2.24) is 4.57 Å². The van der Waals surface area contributed by atoms with Crippen LogP contribution in [0, 0.1) is 20.8 Å². The maximum absolute atomic E-state index is 12.9. The van der Waals surface area contributed by atoms with Crippen molar-refractivity contribution in [2.75, 3.05) is 11.9 Å². The van der Waals surface area contributed by atoms with E-state index in [1.807, 2.05) is 38.1 Å². The Bertz CT molecular complexity index is 819. The number of hydrogen-bond donors (Lipinski definition) is 1. The standard InChI is InChI=1S/C20H24N2O3/c1-6-12-22-15(5)17(14(4)18(22)20(24)25-7-2)19(23)21-16-11-9-8-10-13(16)3/h6,8-11H,1,7,12H2,2-5H3,(H,21,23). The molecule has 1 aromatic carbocycles. The van der Waals surface area contributed by atoms with Crippen molar-refractivity contribution >= 4 is 17.6 Å². The van der Waals surface area contributed by atoms with E-state index in [4.69, 9.17) is 4.74 Å². The molecule has 5 nitrogen and oxygen atoms in total. The summed E-state index contributed by atoms with van der Waals surface area (Å²) in [7, 11) is 0. The lowest BCUT2D eigenvalue weighted by molar-refractivity contribution is 0.0513. The maximum atomic E-state index is 12.9. The molecule has 0 unspecified atom stereocenters. The number of ether oxygens (including phenoxy) is 1. The van der Waals surface area contributed by atoms with Gasteiger partial charge >= 0.3 is 5.97 Å². The molecule has 0 saturated carbocycles. The molecule has 0 spiro atoms. The van der Waals surface area contributed by atoms with Crippen LogP contribution in [0.2, 0.25) is 0 Å². The first-order chi connectivity index (χ1) is 11.9. The van der Waals surface area contributed by atoms with Crippen LogP contribution in [0.5, 0.6) is 0 Å². The SMILES string of the molecule is C=CCn1c(C)c(C(=O)Nc2ccccc2C)c(C)c1C(=O)OCC. The van der Waals surface area contributed by atoms with Gasteiger partial charge in [-0.25, -0.2) is 4.79 Å². The van der Waals surface area contributed by atoms with Gasteiger partial charge in [0.25, 0.3) is 5.91 Å². The number of aryl methyl sites for hydroxylation is 1. The summed E-state index contributed by atoms with van der Waals surface area (Å²) in [6.07, 6.45) is 1.69. The summed E-state index contributed by atoms with van der Waals surface area (Å²) in [5, 5.41) is 2.93. The summed E-state index contributed by atoms with van der Waals surface area (Å²) in [6.45, 7) is 11.7. The van der Waals surface area contributed by atoms with Crippen LogP contribution in [0.1, 0.15) is 44.6 Å². The Morgan fingerprint density at radius 3 is 2.52 bits per heavy atom. The van der Waals surface area contributed by atoms with E-state index in [2.05, 4.69) is 11.9 Å². The number of benzene rings is 1. The van der Waals surface area contributed by atoms with Gasteiger partial charge in [0.05, 0.1) is 12.2 Å². The van der Waals surface area contributed by atoms with Gasteiger partial charge in [-0.15, -0.1) is 6.58 Å². The van der Waals surface area contributed by atoms with Crippen LogP contribution in [-0.2, 0) is 11.3 Å². The molecule has 1 aromatic heterocycles. The van der Waals surface area contributed by atoms with Crippen molar-refractivity contribution < 1.29 is 14.3 Å². The third kappa shape index (κ3) is 3.65. The minimum atomic E-state index is -0.431. The highest BCUT2D eigenvalue weighted by molar-refractivity contribution is 6.08. The van der Waals surface area contributed by atoms with Crippen molar-refractivity contribution in [3.05, 3.63) is 65.0 Å². The molecule has 0 fully saturated rings. The number of allylic oxidation sites excluding steroid dienone is 1. The lowest BCUT2D eigenvalue weighted by Gasteiger charge is -2.09. The van der Waals surface area contributed by atoms with Gasteiger partial charge in [-0.3, -0.25) is 4.79 Å². The van der Waals surface area contributed by atoms with Crippen LogP contribution in [0.25, 0.3) is 0 Å². The molecule has 2 rings (SSSR count). The highest BCUT2D eigenvalue weighted by atomic mass is 16.5. The Labute approximate surface area is 148 Å². The average Bonchev–Trinajstić information content (AvgIpc) is 2.81. The molecule has 1 amide bonds. The summed E-state index contributed by atoms with van der Waals surface area (Å²) in [6, 6.07) is 7.57. The molecule has 2 aromatic rings. The zero-order valence-electron chi connectivity index (χ0n) is 15.2. The summed E-state index contributed by atoms with van der Waals surface area (Å²) in [5.74, 6) is -0.669. The Balaban J connectivity index is 2.48. The third-order valence-electron chi connectivity index (χ3n) is 4.17. The number of esters is 1. The number of nitrogens with one attached hydrogen (secondary N) is 1. The summed E-state index contributed by atoms with van der Waals surface area (Å²) < 4.78 is 6.93. The fraction of sp³-hybridized carbons (Fsp3) is 0.300. The number of aromatic nitrogens is 1. The summed E-state index contributed by atoms with van der Waals surface area (Å²) in [4.78, 5) is 25.2. The van der Waals surface area contributed by atoms with E-state index in [-0.39, 0.29) is 12.5 Å². The average molecular weight is 340 g/mol. The van der Waals surface area contributed by atoms with Crippen LogP contribution >= 0.6 is 0 Å². The Morgan fingerprint density at radius 2 is 1.92 bits per heavy atom. The van der Waals surface area contributed by atoms with E-state index >= 15 is 0 Å². The van der Waals surface area contributed by atoms with Gasteiger partial charge in [0.15, 0.2) is 0 Å². The second-order valence-corrected chi connectivity index (χ2v) is 5.82. The number of carbonyl (C=O) groups excluding carboxylic acids is 2. The molecule has 0 radical (unpaired) electrons. The Hall–Kier alpha value is -2.82. The number of carbonyl (C=O) groups is 2. The smallest absolute Gasteiger partial charge is 0.355 e. The fourth-order valence-corrected chi connectivity index (χ4v) is 2.95. The molecule has 1 heterocycles. The predicted molar refractivity (Wildman–Crippen MR) is 99.2 cm³/mol. The number of amides is 1. The van der Waals surface area contributed by atoms with Crippen LogP contribution < -0.4 is 5.32 Å². The molecule has 0 bridgehead atoms. The first kappa shape index (κ1) is 18.5. The monoisotopic (exact) mass is 340 g/mol. The van der Waals surface area contributed by atoms with Crippen molar-refractivity contribution in [3.63, 3.8) is 0 Å². The number of nitrogens with zero attached hydrogens (tertiary/aromatic N) is 1. The van der Waals surface area contributed by atoms with Crippen LogP contribution in [0.3, 0.4) is 0 Å². The zero-order valence-corrected chi connectivity index (χ0v) is 15.2. The first-order valence-electron chi connectivity index (χ1n) is 8.27. The van der Waals surface area contributed by atoms with Crippen molar-refractivity contribution in [1.29, 1.82) is 0 Å². The first-order valence-corrected chi connectivity index (χ1v) is 8.27. The molecule has 0 saturated heterocycles. The van der Waals surface area contributed by atoms with Crippen molar-refractivity contribution in [3.8, 4) is 0 Å². The molecular weight excluding hydrogens is 316 g/mol. The minimum Gasteiger partial charge on any atom is -0.461 e. The molecule has 0 aliphatic heterocycles. The maximum Gasteiger partial charge on any atom is 0.355 e. The third-order valence-corrected chi connectivity index (χ3v) is 4.17. The number of hydrogen-bond acceptors (Lipinski definition) is 3. The quantitative estimate of drug-likeness (QED) is 0.638. The fourth-order valence-electron chi connectivity index (χ4n) is 2.95. The second kappa shape index (κ2) is 7.83. The van der Waals surface area contributed by atoms with E-state index in [0.717, 1.165) is 11.3 Å². The van der Waals surface area contributed by atoms with Gasteiger partial charge in [0.2, 0.25) is 0 Å². The molecule has 25 heavy (non-hydrogen) atoms. The Kier molecular flexibility index (Phi) is 5.80. The normalized spacial score (nSPS) is 10.4.